The highest BCUT2D eigenvalue weighted by atomic mass is 16.2. The van der Waals surface area contributed by atoms with Gasteiger partial charge in [0.15, 0.2) is 0 Å². The number of hydrogen-bond donors (Lipinski definition) is 1. The van der Waals surface area contributed by atoms with E-state index in [0.29, 0.717) is 12.4 Å². The topological polar surface area (TPSA) is 61.9 Å². The minimum absolute atomic E-state index is 0.0944. The summed E-state index contributed by atoms with van der Waals surface area (Å²) in [6.07, 6.45) is 3.01. The summed E-state index contributed by atoms with van der Waals surface area (Å²) in [5, 5.41) is 6.54. The number of hydrogen-bond acceptors (Lipinski definition) is 3. The molecule has 0 atom stereocenters. The molecule has 0 aromatic carbocycles. The number of aromatic nitrogens is 3. The van der Waals surface area contributed by atoms with Crippen LogP contribution in [0.3, 0.4) is 0 Å². The third-order valence-electron chi connectivity index (χ3n) is 2.51. The zero-order valence-corrected chi connectivity index (χ0v) is 8.95. The normalized spacial score (nSPS) is 16.4. The molecule has 1 aliphatic rings. The van der Waals surface area contributed by atoms with Crippen LogP contribution in [0.4, 0.5) is 0 Å². The molecule has 0 fully saturated rings. The van der Waals surface area contributed by atoms with Crippen LogP contribution in [-0.4, -0.2) is 39.1 Å². The lowest BCUT2D eigenvalue weighted by Crippen LogP contribution is -2.35. The summed E-state index contributed by atoms with van der Waals surface area (Å²) in [4.78, 5) is 17.7. The van der Waals surface area contributed by atoms with Crippen molar-refractivity contribution in [2.24, 2.45) is 0 Å². The second-order valence-electron chi connectivity index (χ2n) is 3.80. The first kappa shape index (κ1) is 9.89. The lowest BCUT2D eigenvalue weighted by molar-refractivity contribution is 0.0757. The molecule has 5 nitrogen and oxygen atoms in total. The summed E-state index contributed by atoms with van der Waals surface area (Å²) >= 11 is 0. The average Bonchev–Trinajstić information content (AvgIpc) is 2.65. The maximum absolute atomic E-state index is 11.9. The van der Waals surface area contributed by atoms with Gasteiger partial charge in [0.05, 0.1) is 0 Å². The lowest BCUT2D eigenvalue weighted by atomic mass is 10.1. The molecule has 2 rings (SSSR count). The van der Waals surface area contributed by atoms with Gasteiger partial charge < -0.3 is 4.90 Å². The van der Waals surface area contributed by atoms with E-state index < -0.39 is 0 Å². The van der Waals surface area contributed by atoms with Gasteiger partial charge in [0.25, 0.3) is 5.91 Å². The Hall–Kier alpha value is -1.65. The second kappa shape index (κ2) is 3.84. The van der Waals surface area contributed by atoms with E-state index in [1.807, 2.05) is 0 Å². The Balaban J connectivity index is 2.09. The van der Waals surface area contributed by atoms with Crippen LogP contribution in [0, 0.1) is 6.92 Å². The summed E-state index contributed by atoms with van der Waals surface area (Å²) in [6, 6.07) is 0. The van der Waals surface area contributed by atoms with E-state index in [4.69, 9.17) is 0 Å². The maximum Gasteiger partial charge on any atom is 0.293 e. The van der Waals surface area contributed by atoms with Gasteiger partial charge in [0, 0.05) is 13.1 Å². The standard InChI is InChI=1S/C10H14N4O/c1-7-3-5-14(6-4-7)10(15)9-11-8(2)12-13-9/h3H,4-6H2,1-2H3,(H,11,12,13). The zero-order valence-electron chi connectivity index (χ0n) is 8.95. The Bertz CT molecular complexity index is 407. The van der Waals surface area contributed by atoms with Gasteiger partial charge in [0.2, 0.25) is 5.82 Å². The molecule has 0 saturated carbocycles. The Morgan fingerprint density at radius 1 is 1.53 bits per heavy atom. The summed E-state index contributed by atoms with van der Waals surface area (Å²) in [5.41, 5.74) is 1.34. The number of nitrogens with zero attached hydrogens (tertiary/aromatic N) is 3. The van der Waals surface area contributed by atoms with Gasteiger partial charge in [0.1, 0.15) is 5.82 Å². The molecule has 0 radical (unpaired) electrons. The minimum atomic E-state index is -0.0944. The van der Waals surface area contributed by atoms with Gasteiger partial charge in [-0.2, -0.15) is 0 Å². The van der Waals surface area contributed by atoms with E-state index in [-0.39, 0.29) is 11.7 Å². The van der Waals surface area contributed by atoms with Crippen molar-refractivity contribution in [3.8, 4) is 0 Å². The Labute approximate surface area is 88.2 Å². The van der Waals surface area contributed by atoms with Crippen LogP contribution in [0.25, 0.3) is 0 Å². The number of nitrogens with one attached hydrogen (secondary N) is 1. The SMILES string of the molecule is CC1=CCN(C(=O)c2n[nH]c(C)n2)CC1. The quantitative estimate of drug-likeness (QED) is 0.694. The van der Waals surface area contributed by atoms with E-state index in [9.17, 15) is 4.79 Å². The molecule has 1 aliphatic heterocycles. The van der Waals surface area contributed by atoms with E-state index in [1.165, 1.54) is 5.57 Å². The van der Waals surface area contributed by atoms with Gasteiger partial charge in [-0.3, -0.25) is 9.89 Å². The summed E-state index contributed by atoms with van der Waals surface area (Å²) in [6.45, 7) is 5.29. The highest BCUT2D eigenvalue weighted by Crippen LogP contribution is 2.11. The van der Waals surface area contributed by atoms with Gasteiger partial charge in [-0.05, 0) is 20.3 Å². The van der Waals surface area contributed by atoms with Crippen LogP contribution >= 0.6 is 0 Å². The molecule has 2 heterocycles. The van der Waals surface area contributed by atoms with Crippen LogP contribution in [0.2, 0.25) is 0 Å². The van der Waals surface area contributed by atoms with Crippen molar-refractivity contribution in [1.29, 1.82) is 0 Å². The second-order valence-corrected chi connectivity index (χ2v) is 3.80. The summed E-state index contributed by atoms with van der Waals surface area (Å²) in [7, 11) is 0. The molecule has 0 unspecified atom stereocenters. The fourth-order valence-corrected chi connectivity index (χ4v) is 1.53. The predicted octanol–water partition coefficient (Wildman–Crippen LogP) is 0.905. The molecule has 1 amide bonds. The molecule has 80 valence electrons. The number of carbonyl (C=O) groups excluding carboxylic acids is 1. The molecule has 0 aliphatic carbocycles. The van der Waals surface area contributed by atoms with Crippen LogP contribution < -0.4 is 0 Å². The van der Waals surface area contributed by atoms with Crippen LogP contribution in [0.1, 0.15) is 29.8 Å². The fraction of sp³-hybridized carbons (Fsp3) is 0.500. The largest absolute Gasteiger partial charge is 0.332 e. The lowest BCUT2D eigenvalue weighted by Gasteiger charge is -2.24. The molecule has 1 N–H and O–H groups in total. The number of rotatable bonds is 1. The maximum atomic E-state index is 11.9. The number of carbonyl (C=O) groups is 1. The van der Waals surface area contributed by atoms with E-state index in [2.05, 4.69) is 28.2 Å². The number of amides is 1. The number of aromatic amines is 1. The van der Waals surface area contributed by atoms with Gasteiger partial charge in [-0.25, -0.2) is 4.98 Å². The van der Waals surface area contributed by atoms with Gasteiger partial charge >= 0.3 is 0 Å². The molecule has 0 spiro atoms. The van der Waals surface area contributed by atoms with Crippen LogP contribution in [0.5, 0.6) is 0 Å². The summed E-state index contributed by atoms with van der Waals surface area (Å²) < 4.78 is 0. The molecule has 15 heavy (non-hydrogen) atoms. The van der Waals surface area contributed by atoms with Crippen molar-refractivity contribution in [1.82, 2.24) is 20.1 Å². The molecule has 0 saturated heterocycles. The predicted molar refractivity (Wildman–Crippen MR) is 55.4 cm³/mol. The third-order valence-corrected chi connectivity index (χ3v) is 2.51. The fourth-order valence-electron chi connectivity index (χ4n) is 1.53. The van der Waals surface area contributed by atoms with E-state index in [0.717, 1.165) is 13.0 Å². The Morgan fingerprint density at radius 3 is 2.87 bits per heavy atom. The first-order valence-corrected chi connectivity index (χ1v) is 5.01. The van der Waals surface area contributed by atoms with Crippen molar-refractivity contribution in [3.63, 3.8) is 0 Å². The van der Waals surface area contributed by atoms with Crippen molar-refractivity contribution in [2.45, 2.75) is 20.3 Å². The number of aryl methyl sites for hydroxylation is 1. The van der Waals surface area contributed by atoms with Crippen molar-refractivity contribution in [3.05, 3.63) is 23.3 Å². The molecular weight excluding hydrogens is 192 g/mol. The zero-order chi connectivity index (χ0) is 10.8. The Morgan fingerprint density at radius 2 is 2.33 bits per heavy atom. The van der Waals surface area contributed by atoms with Crippen LogP contribution in [0.15, 0.2) is 11.6 Å². The first-order valence-electron chi connectivity index (χ1n) is 5.01. The van der Waals surface area contributed by atoms with E-state index in [1.54, 1.807) is 11.8 Å². The third kappa shape index (κ3) is 2.06. The van der Waals surface area contributed by atoms with Gasteiger partial charge in [-0.15, -0.1) is 5.10 Å². The Kier molecular flexibility index (Phi) is 2.53. The molecule has 5 heteroatoms. The molecule has 1 aromatic rings. The van der Waals surface area contributed by atoms with Crippen molar-refractivity contribution in [2.75, 3.05) is 13.1 Å². The van der Waals surface area contributed by atoms with Crippen molar-refractivity contribution < 1.29 is 4.79 Å². The molecule has 0 bridgehead atoms. The molecule has 1 aromatic heterocycles. The summed E-state index contributed by atoms with van der Waals surface area (Å²) in [5.74, 6) is 0.839. The van der Waals surface area contributed by atoms with Crippen LogP contribution in [-0.2, 0) is 0 Å². The number of H-pyrrole nitrogens is 1. The minimum Gasteiger partial charge on any atom is -0.332 e. The smallest absolute Gasteiger partial charge is 0.293 e. The van der Waals surface area contributed by atoms with E-state index >= 15 is 0 Å². The molecular formula is C10H14N4O. The average molecular weight is 206 g/mol. The monoisotopic (exact) mass is 206 g/mol. The first-order chi connectivity index (χ1) is 7.16. The highest BCUT2D eigenvalue weighted by Gasteiger charge is 2.20. The van der Waals surface area contributed by atoms with Crippen molar-refractivity contribution >= 4 is 5.91 Å². The highest BCUT2D eigenvalue weighted by molar-refractivity contribution is 5.90. The van der Waals surface area contributed by atoms with Gasteiger partial charge in [-0.1, -0.05) is 11.6 Å².